The molecule has 0 amide bonds. The number of carboxylic acid groups (broad SMARTS) is 2. The van der Waals surface area contributed by atoms with Gasteiger partial charge in [0.1, 0.15) is 18.2 Å². The average molecular weight is 486 g/mol. The lowest BCUT2D eigenvalue weighted by Gasteiger charge is -2.12. The molecule has 12 heteroatoms. The molecule has 2 heterocycles. The number of rotatable bonds is 5. The molecule has 7 nitrogen and oxygen atoms in total. The molecular weight excluding hydrogens is 467 g/mol. The van der Waals surface area contributed by atoms with Gasteiger partial charge in [-0.1, -0.05) is 6.07 Å². The number of alkyl halides is 3. The second kappa shape index (κ2) is 9.27. The summed E-state index contributed by atoms with van der Waals surface area (Å²) in [6, 6.07) is 4.44. The number of fused-ring (bicyclic) bond motifs is 1. The molecule has 0 unspecified atom stereocenters. The monoisotopic (exact) mass is 486 g/mol. The van der Waals surface area contributed by atoms with Crippen LogP contribution in [0.2, 0.25) is 0 Å². The van der Waals surface area contributed by atoms with Crippen LogP contribution in [-0.4, -0.2) is 37.7 Å². The highest BCUT2D eigenvalue weighted by atomic mass is 19.4. The molecule has 1 aliphatic carbocycles. The summed E-state index contributed by atoms with van der Waals surface area (Å²) in [7, 11) is 0. The Bertz CT molecular complexity index is 1270. The Hall–Kier alpha value is -3.70. The Kier molecular flexibility index (Phi) is 6.80. The number of aryl methyl sites for hydroxylation is 2. The average Bonchev–Trinajstić information content (AvgIpc) is 3.49. The summed E-state index contributed by atoms with van der Waals surface area (Å²) in [5, 5.41) is 16.5. The normalized spacial score (nSPS) is 13.4. The lowest BCUT2D eigenvalue weighted by Crippen LogP contribution is -2.21. The van der Waals surface area contributed by atoms with Gasteiger partial charge in [0, 0.05) is 6.20 Å². The molecule has 0 aliphatic heterocycles. The largest absolute Gasteiger partial charge is 0.490 e. The molecule has 0 spiro atoms. The van der Waals surface area contributed by atoms with Gasteiger partial charge in [0.2, 0.25) is 0 Å². The smallest absolute Gasteiger partial charge is 0.485 e. The van der Waals surface area contributed by atoms with Crippen molar-refractivity contribution >= 4 is 17.6 Å². The highest BCUT2D eigenvalue weighted by Gasteiger charge is 2.38. The van der Waals surface area contributed by atoms with Crippen LogP contribution in [0, 0.1) is 25.5 Å². The Morgan fingerprint density at radius 1 is 1.18 bits per heavy atom. The molecule has 2 aromatic heterocycles. The van der Waals surface area contributed by atoms with Crippen LogP contribution in [0.5, 0.6) is 5.75 Å². The summed E-state index contributed by atoms with van der Waals surface area (Å²) in [5.74, 6) is -4.65. The minimum Gasteiger partial charge on any atom is -0.485 e. The number of hydrogen-bond acceptors (Lipinski definition) is 4. The van der Waals surface area contributed by atoms with Crippen molar-refractivity contribution in [2.45, 2.75) is 45.4 Å². The van der Waals surface area contributed by atoms with Crippen LogP contribution in [0.1, 0.15) is 51.6 Å². The summed E-state index contributed by atoms with van der Waals surface area (Å²) in [5.41, 5.74) is 1.81. The topological polar surface area (TPSA) is 101 Å². The van der Waals surface area contributed by atoms with Crippen molar-refractivity contribution in [3.63, 3.8) is 0 Å². The summed E-state index contributed by atoms with van der Waals surface area (Å²) in [6.45, 7) is 3.07. The molecule has 182 valence electrons. The number of imidazole rings is 1. The highest BCUT2D eigenvalue weighted by molar-refractivity contribution is 5.88. The fraction of sp³-hybridized carbons (Fsp3) is 0.318. The number of pyridine rings is 1. The van der Waals surface area contributed by atoms with Gasteiger partial charge in [0.15, 0.2) is 17.1 Å². The van der Waals surface area contributed by atoms with E-state index in [4.69, 9.17) is 14.6 Å². The van der Waals surface area contributed by atoms with Crippen LogP contribution >= 0.6 is 0 Å². The molecule has 1 fully saturated rings. The van der Waals surface area contributed by atoms with Crippen molar-refractivity contribution in [3.8, 4) is 5.75 Å². The molecule has 0 bridgehead atoms. The molecule has 0 saturated heterocycles. The van der Waals surface area contributed by atoms with Crippen LogP contribution < -0.4 is 4.74 Å². The van der Waals surface area contributed by atoms with E-state index in [2.05, 4.69) is 4.98 Å². The predicted octanol–water partition coefficient (Wildman–Crippen LogP) is 5.02. The summed E-state index contributed by atoms with van der Waals surface area (Å²) in [6.07, 6.45) is -1.63. The zero-order valence-corrected chi connectivity index (χ0v) is 17.9. The molecule has 0 radical (unpaired) electrons. The van der Waals surface area contributed by atoms with E-state index in [9.17, 15) is 31.9 Å². The Morgan fingerprint density at radius 3 is 2.32 bits per heavy atom. The van der Waals surface area contributed by atoms with Crippen LogP contribution in [-0.2, 0) is 11.4 Å². The van der Waals surface area contributed by atoms with E-state index in [0.717, 1.165) is 18.4 Å². The Morgan fingerprint density at radius 2 is 1.79 bits per heavy atom. The number of nitrogens with zero attached hydrogens (tertiary/aromatic N) is 2. The van der Waals surface area contributed by atoms with Gasteiger partial charge in [0.25, 0.3) is 0 Å². The van der Waals surface area contributed by atoms with Crippen LogP contribution in [0.25, 0.3) is 5.65 Å². The van der Waals surface area contributed by atoms with Gasteiger partial charge in [-0.3, -0.25) is 4.40 Å². The lowest BCUT2D eigenvalue weighted by atomic mass is 10.1. The number of aromatic nitrogens is 2. The lowest BCUT2D eigenvalue weighted by molar-refractivity contribution is -0.192. The molecular formula is C22H19F5N2O5. The first-order chi connectivity index (χ1) is 15.8. The summed E-state index contributed by atoms with van der Waals surface area (Å²) in [4.78, 5) is 24.6. The number of aliphatic carboxylic acids is 1. The van der Waals surface area contributed by atoms with Crippen molar-refractivity contribution in [3.05, 3.63) is 64.1 Å². The van der Waals surface area contributed by atoms with E-state index in [1.165, 1.54) is 16.5 Å². The van der Waals surface area contributed by atoms with Gasteiger partial charge in [-0.05, 0) is 55.9 Å². The molecule has 1 aliphatic rings. The van der Waals surface area contributed by atoms with Gasteiger partial charge < -0.3 is 14.9 Å². The third kappa shape index (κ3) is 5.26. The van der Waals surface area contributed by atoms with Gasteiger partial charge in [-0.15, -0.1) is 0 Å². The predicted molar refractivity (Wildman–Crippen MR) is 108 cm³/mol. The molecule has 34 heavy (non-hydrogen) atoms. The minimum absolute atomic E-state index is 0.0339. The first-order valence-electron chi connectivity index (χ1n) is 9.93. The van der Waals surface area contributed by atoms with Crippen molar-refractivity contribution in [1.29, 1.82) is 0 Å². The number of carbonyl (C=O) groups is 2. The number of halogens is 5. The maximum absolute atomic E-state index is 14.7. The summed E-state index contributed by atoms with van der Waals surface area (Å²) < 4.78 is 67.7. The van der Waals surface area contributed by atoms with Crippen LogP contribution in [0.15, 0.2) is 24.4 Å². The van der Waals surface area contributed by atoms with E-state index in [1.54, 1.807) is 26.1 Å². The molecule has 2 N–H and O–H groups in total. The third-order valence-electron chi connectivity index (χ3n) is 5.05. The zero-order valence-electron chi connectivity index (χ0n) is 17.9. The number of carboxylic acids is 2. The first-order valence-corrected chi connectivity index (χ1v) is 9.93. The first kappa shape index (κ1) is 24.9. The van der Waals surface area contributed by atoms with E-state index in [-0.39, 0.29) is 29.5 Å². The van der Waals surface area contributed by atoms with Gasteiger partial charge in [-0.2, -0.15) is 13.2 Å². The number of ether oxygens (including phenoxy) is 1. The van der Waals surface area contributed by atoms with Gasteiger partial charge >= 0.3 is 18.1 Å². The standard InChI is InChI=1S/C20H18F2N2O3.C2HF3O2/c1-10-7-16(19-23-11(2)18(20(25)26)24(19)8-10)27-9-14-15(21)6-5-13(17(14)22)12-3-4-12;3-2(4,5)1(6)7/h5-8,12H,3-4,9H2,1-2H3,(H,25,26);(H,6,7). The Labute approximate surface area is 189 Å². The summed E-state index contributed by atoms with van der Waals surface area (Å²) >= 11 is 0. The second-order valence-electron chi connectivity index (χ2n) is 7.72. The molecule has 1 saturated carbocycles. The van der Waals surface area contributed by atoms with E-state index in [0.29, 0.717) is 16.9 Å². The maximum atomic E-state index is 14.7. The van der Waals surface area contributed by atoms with Crippen molar-refractivity contribution in [2.75, 3.05) is 0 Å². The van der Waals surface area contributed by atoms with Crippen molar-refractivity contribution in [1.82, 2.24) is 9.38 Å². The second-order valence-corrected chi connectivity index (χ2v) is 7.72. The molecule has 1 aromatic carbocycles. The third-order valence-corrected chi connectivity index (χ3v) is 5.05. The van der Waals surface area contributed by atoms with Crippen molar-refractivity contribution in [2.24, 2.45) is 0 Å². The van der Waals surface area contributed by atoms with Gasteiger partial charge in [-0.25, -0.2) is 23.4 Å². The number of aromatic carboxylic acids is 1. The maximum Gasteiger partial charge on any atom is 0.490 e. The van der Waals surface area contributed by atoms with E-state index < -0.39 is 29.7 Å². The van der Waals surface area contributed by atoms with E-state index >= 15 is 0 Å². The van der Waals surface area contributed by atoms with Crippen LogP contribution in [0.4, 0.5) is 22.0 Å². The fourth-order valence-corrected chi connectivity index (χ4v) is 3.33. The van der Waals surface area contributed by atoms with Gasteiger partial charge in [0.05, 0.1) is 11.3 Å². The fourth-order valence-electron chi connectivity index (χ4n) is 3.33. The zero-order chi connectivity index (χ0) is 25.4. The molecule has 3 aromatic rings. The van der Waals surface area contributed by atoms with E-state index in [1.807, 2.05) is 0 Å². The van der Waals surface area contributed by atoms with Crippen LogP contribution in [0.3, 0.4) is 0 Å². The number of hydrogen-bond donors (Lipinski definition) is 2. The minimum atomic E-state index is -5.08. The SMILES string of the molecule is Cc1cc(OCc2c(F)ccc(C3CC3)c2F)c2nc(C)c(C(=O)O)n2c1.O=C(O)C(F)(F)F. The molecule has 4 rings (SSSR count). The highest BCUT2D eigenvalue weighted by Crippen LogP contribution is 2.42. The number of benzene rings is 1. The molecule has 0 atom stereocenters. The van der Waals surface area contributed by atoms with Crippen molar-refractivity contribution < 1.29 is 46.5 Å². The Balaban J connectivity index is 0.000000406. The quantitative estimate of drug-likeness (QED) is 0.492.